The van der Waals surface area contributed by atoms with Crippen molar-refractivity contribution in [2.24, 2.45) is 0 Å². The van der Waals surface area contributed by atoms with Gasteiger partial charge in [0, 0.05) is 69.2 Å². The molecule has 2 fully saturated rings. The van der Waals surface area contributed by atoms with Gasteiger partial charge in [-0.05, 0) is 6.07 Å². The molecule has 0 bridgehead atoms. The lowest BCUT2D eigenvalue weighted by Crippen LogP contribution is -2.47. The average molecular weight is 497 g/mol. The summed E-state index contributed by atoms with van der Waals surface area (Å²) in [7, 11) is -3.15. The van der Waals surface area contributed by atoms with E-state index in [4.69, 9.17) is 14.7 Å². The van der Waals surface area contributed by atoms with E-state index in [0.29, 0.717) is 45.9 Å². The number of ether oxygens (including phenoxy) is 1. The summed E-state index contributed by atoms with van der Waals surface area (Å²) in [6.07, 6.45) is 7.16. The number of morpholine rings is 1. The minimum atomic E-state index is -3.15. The number of nitrogens with zero attached hydrogens (tertiary/aromatic N) is 7. The summed E-state index contributed by atoms with van der Waals surface area (Å²) in [6.45, 7) is 5.91. The molecule has 6 rings (SSSR count). The van der Waals surface area contributed by atoms with E-state index >= 15 is 0 Å². The van der Waals surface area contributed by atoms with Crippen molar-refractivity contribution in [1.29, 1.82) is 0 Å². The molecule has 3 aromatic heterocycles. The van der Waals surface area contributed by atoms with Crippen molar-refractivity contribution in [2.75, 3.05) is 63.6 Å². The lowest BCUT2D eigenvalue weighted by molar-refractivity contribution is 0.122. The monoisotopic (exact) mass is 496 g/mol. The largest absolute Gasteiger partial charge is 0.378 e. The Morgan fingerprint density at radius 3 is 2.60 bits per heavy atom. The molecule has 35 heavy (non-hydrogen) atoms. The minimum Gasteiger partial charge on any atom is -0.378 e. The third-order valence-corrected chi connectivity index (χ3v) is 8.01. The molecule has 0 aliphatic carbocycles. The van der Waals surface area contributed by atoms with Crippen molar-refractivity contribution in [3.05, 3.63) is 42.5 Å². The van der Waals surface area contributed by atoms with E-state index in [1.165, 1.54) is 10.6 Å². The van der Waals surface area contributed by atoms with Crippen molar-refractivity contribution in [1.82, 2.24) is 33.8 Å². The Labute approximate surface area is 203 Å². The standard InChI is InChI=1S/C23H28N8O3S/c1-35(32,33)31-6-4-28(5-7-31)14-19-15-30-16-21(17-2-3-18-13-24-27-20(18)12-17)26-23(22(30)25-19)29-8-10-34-11-9-29/h2-3,12-13,15-16H,4-11,14H2,1H3,(H,24,27). The first kappa shape index (κ1) is 22.4. The highest BCUT2D eigenvalue weighted by Gasteiger charge is 2.25. The topological polar surface area (TPSA) is 112 Å². The van der Waals surface area contributed by atoms with E-state index < -0.39 is 10.0 Å². The van der Waals surface area contributed by atoms with Crippen molar-refractivity contribution in [3.8, 4) is 11.3 Å². The first-order chi connectivity index (χ1) is 16.9. The molecule has 0 radical (unpaired) electrons. The van der Waals surface area contributed by atoms with Gasteiger partial charge in [-0.15, -0.1) is 0 Å². The highest BCUT2D eigenvalue weighted by atomic mass is 32.2. The van der Waals surface area contributed by atoms with Crippen LogP contribution in [0.2, 0.25) is 0 Å². The van der Waals surface area contributed by atoms with Gasteiger partial charge in [0.05, 0.1) is 42.6 Å². The zero-order chi connectivity index (χ0) is 24.0. The van der Waals surface area contributed by atoms with Crippen molar-refractivity contribution < 1.29 is 13.2 Å². The lowest BCUT2D eigenvalue weighted by Gasteiger charge is -2.32. The molecular weight excluding hydrogens is 468 g/mol. The normalized spacial score (nSPS) is 18.6. The maximum Gasteiger partial charge on any atom is 0.211 e. The fraction of sp³-hybridized carbons (Fsp3) is 0.435. The number of H-pyrrole nitrogens is 1. The highest BCUT2D eigenvalue weighted by molar-refractivity contribution is 7.88. The van der Waals surface area contributed by atoms with Crippen LogP contribution >= 0.6 is 0 Å². The Hall–Kier alpha value is -3.06. The molecular formula is C23H28N8O3S. The Balaban J connectivity index is 1.33. The molecule has 184 valence electrons. The van der Waals surface area contributed by atoms with Crippen LogP contribution < -0.4 is 4.90 Å². The fourth-order valence-electron chi connectivity index (χ4n) is 4.78. The number of sulfonamides is 1. The number of aromatic amines is 1. The number of piperazine rings is 1. The molecule has 2 aliphatic rings. The molecule has 0 atom stereocenters. The van der Waals surface area contributed by atoms with Crippen LogP contribution in [0, 0.1) is 0 Å². The predicted molar refractivity (Wildman–Crippen MR) is 133 cm³/mol. The summed E-state index contributed by atoms with van der Waals surface area (Å²) in [5.41, 5.74) is 4.60. The summed E-state index contributed by atoms with van der Waals surface area (Å²) in [5, 5.41) is 8.23. The number of hydrogen-bond donors (Lipinski definition) is 1. The van der Waals surface area contributed by atoms with Crippen molar-refractivity contribution >= 4 is 32.4 Å². The van der Waals surface area contributed by atoms with Gasteiger partial charge in [0.15, 0.2) is 11.5 Å². The van der Waals surface area contributed by atoms with E-state index in [-0.39, 0.29) is 0 Å². The van der Waals surface area contributed by atoms with Gasteiger partial charge in [-0.1, -0.05) is 12.1 Å². The van der Waals surface area contributed by atoms with Crippen LogP contribution in [-0.4, -0.2) is 101 Å². The van der Waals surface area contributed by atoms with Crippen LogP contribution in [0.3, 0.4) is 0 Å². The van der Waals surface area contributed by atoms with Gasteiger partial charge in [-0.3, -0.25) is 10.00 Å². The second-order valence-corrected chi connectivity index (χ2v) is 11.1. The first-order valence-electron chi connectivity index (χ1n) is 11.8. The van der Waals surface area contributed by atoms with Gasteiger partial charge in [0.25, 0.3) is 0 Å². The van der Waals surface area contributed by atoms with E-state index in [9.17, 15) is 8.42 Å². The van der Waals surface area contributed by atoms with E-state index in [0.717, 1.165) is 52.4 Å². The second kappa shape index (κ2) is 8.86. The van der Waals surface area contributed by atoms with Crippen LogP contribution in [0.15, 0.2) is 36.8 Å². The quantitative estimate of drug-likeness (QED) is 0.439. The average Bonchev–Trinajstić information content (AvgIpc) is 3.49. The molecule has 5 heterocycles. The number of fused-ring (bicyclic) bond motifs is 2. The molecule has 0 saturated carbocycles. The van der Waals surface area contributed by atoms with Gasteiger partial charge in [-0.2, -0.15) is 9.40 Å². The van der Waals surface area contributed by atoms with E-state index in [1.54, 1.807) is 0 Å². The third-order valence-electron chi connectivity index (χ3n) is 6.70. The Morgan fingerprint density at radius 2 is 1.83 bits per heavy atom. The SMILES string of the molecule is CS(=O)(=O)N1CCN(Cc2cn3cc(-c4ccc5cn[nH]c5c4)nc(N4CCOCC4)c3n2)CC1. The minimum absolute atomic E-state index is 0.507. The van der Waals surface area contributed by atoms with Crippen LogP contribution in [-0.2, 0) is 21.3 Å². The van der Waals surface area contributed by atoms with Gasteiger partial charge < -0.3 is 14.0 Å². The Morgan fingerprint density at radius 1 is 1.03 bits per heavy atom. The number of imidazole rings is 1. The molecule has 12 heteroatoms. The van der Waals surface area contributed by atoms with E-state index in [2.05, 4.69) is 42.7 Å². The second-order valence-electron chi connectivity index (χ2n) is 9.12. The van der Waals surface area contributed by atoms with Gasteiger partial charge in [-0.25, -0.2) is 18.4 Å². The first-order valence-corrected chi connectivity index (χ1v) is 13.6. The van der Waals surface area contributed by atoms with Crippen LogP contribution in [0.1, 0.15) is 5.69 Å². The van der Waals surface area contributed by atoms with Crippen molar-refractivity contribution in [3.63, 3.8) is 0 Å². The number of nitrogens with one attached hydrogen (secondary N) is 1. The molecule has 0 amide bonds. The number of hydrogen-bond acceptors (Lipinski definition) is 8. The predicted octanol–water partition coefficient (Wildman–Crippen LogP) is 1.19. The summed E-state index contributed by atoms with van der Waals surface area (Å²) in [5.74, 6) is 0.851. The van der Waals surface area contributed by atoms with Crippen LogP contribution in [0.25, 0.3) is 27.8 Å². The molecule has 0 spiro atoms. The lowest BCUT2D eigenvalue weighted by atomic mass is 10.1. The molecule has 0 unspecified atom stereocenters. The summed E-state index contributed by atoms with van der Waals surface area (Å²) >= 11 is 0. The third kappa shape index (κ3) is 4.49. The number of aromatic nitrogens is 5. The molecule has 11 nitrogen and oxygen atoms in total. The zero-order valence-corrected chi connectivity index (χ0v) is 20.4. The van der Waals surface area contributed by atoms with Gasteiger partial charge in [0.2, 0.25) is 10.0 Å². The molecule has 2 aliphatic heterocycles. The maximum atomic E-state index is 11.8. The number of rotatable bonds is 5. The smallest absolute Gasteiger partial charge is 0.211 e. The molecule has 4 aromatic rings. The van der Waals surface area contributed by atoms with E-state index in [1.807, 2.05) is 18.5 Å². The Kier molecular flexibility index (Phi) is 5.67. The zero-order valence-electron chi connectivity index (χ0n) is 19.6. The van der Waals surface area contributed by atoms with Crippen molar-refractivity contribution in [2.45, 2.75) is 6.54 Å². The summed E-state index contributed by atoms with van der Waals surface area (Å²) < 4.78 is 32.8. The molecule has 1 N–H and O–H groups in total. The summed E-state index contributed by atoms with van der Waals surface area (Å²) in [4.78, 5) is 14.5. The fourth-order valence-corrected chi connectivity index (χ4v) is 5.61. The van der Waals surface area contributed by atoms with Gasteiger partial charge >= 0.3 is 0 Å². The number of benzene rings is 1. The maximum absolute atomic E-state index is 11.8. The van der Waals surface area contributed by atoms with Crippen LogP contribution in [0.4, 0.5) is 5.82 Å². The summed E-state index contributed by atoms with van der Waals surface area (Å²) in [6, 6.07) is 6.18. The van der Waals surface area contributed by atoms with Crippen LogP contribution in [0.5, 0.6) is 0 Å². The molecule has 1 aromatic carbocycles. The van der Waals surface area contributed by atoms with Gasteiger partial charge in [0.1, 0.15) is 0 Å². The molecule has 2 saturated heterocycles. The number of anilines is 1. The highest BCUT2D eigenvalue weighted by Crippen LogP contribution is 2.28. The Bertz CT molecular complexity index is 1470.